The van der Waals surface area contributed by atoms with Crippen molar-refractivity contribution in [2.45, 2.75) is 13.8 Å². The predicted molar refractivity (Wildman–Crippen MR) is 128 cm³/mol. The van der Waals surface area contributed by atoms with Gasteiger partial charge in [-0.1, -0.05) is 60.7 Å². The number of benzene rings is 2. The molecular weight excluding hydrogens is 412 g/mol. The van der Waals surface area contributed by atoms with Crippen LogP contribution in [0.5, 0.6) is 0 Å². The third-order valence-corrected chi connectivity index (χ3v) is 4.76. The standard InChI is InChI=1S/C24H23ClN4O2/c1-4-5-7-11-17(2)28-23(30)22(18(3)29(28)21-14-8-6-9-15-21)27-24(31)26-20-13-10-12-19(25)16-20/h4-16H,1H2,2-3H3,(H2,26,27,31)/b7-5-,17-11+. The van der Waals surface area contributed by atoms with E-state index in [0.717, 1.165) is 5.69 Å². The lowest BCUT2D eigenvalue weighted by molar-refractivity contribution is 0.262. The van der Waals surface area contributed by atoms with Gasteiger partial charge in [-0.25, -0.2) is 14.2 Å². The molecule has 1 heterocycles. The molecule has 2 amide bonds. The smallest absolute Gasteiger partial charge is 0.308 e. The number of nitrogens with zero attached hydrogens (tertiary/aromatic N) is 2. The van der Waals surface area contributed by atoms with Gasteiger partial charge in [-0.2, -0.15) is 0 Å². The summed E-state index contributed by atoms with van der Waals surface area (Å²) in [5.41, 5.74) is 2.43. The van der Waals surface area contributed by atoms with Crippen LogP contribution in [0.1, 0.15) is 12.6 Å². The second kappa shape index (κ2) is 9.82. The number of urea groups is 1. The van der Waals surface area contributed by atoms with Crippen LogP contribution in [0.25, 0.3) is 11.4 Å². The SMILES string of the molecule is C=C/C=C\C=C(/C)n1c(=O)c(NC(=O)Nc2cccc(Cl)c2)c(C)n1-c1ccccc1. The number of rotatable bonds is 6. The van der Waals surface area contributed by atoms with Crippen LogP contribution in [0.15, 0.2) is 90.3 Å². The van der Waals surface area contributed by atoms with E-state index < -0.39 is 6.03 Å². The van der Waals surface area contributed by atoms with E-state index in [1.54, 1.807) is 60.2 Å². The van der Waals surface area contributed by atoms with E-state index in [-0.39, 0.29) is 11.2 Å². The van der Waals surface area contributed by atoms with Gasteiger partial charge in [0, 0.05) is 16.4 Å². The molecule has 0 radical (unpaired) electrons. The lowest BCUT2D eigenvalue weighted by atomic mass is 10.3. The van der Waals surface area contributed by atoms with Crippen LogP contribution in [-0.4, -0.2) is 15.4 Å². The van der Waals surface area contributed by atoms with E-state index in [1.807, 2.05) is 37.3 Å². The first kappa shape index (κ1) is 21.9. The molecule has 0 spiro atoms. The van der Waals surface area contributed by atoms with Crippen molar-refractivity contribution in [1.82, 2.24) is 9.36 Å². The van der Waals surface area contributed by atoms with Crippen LogP contribution in [-0.2, 0) is 0 Å². The molecule has 0 aliphatic carbocycles. The average molecular weight is 435 g/mol. The first-order valence-corrected chi connectivity index (χ1v) is 10.00. The van der Waals surface area contributed by atoms with Crippen molar-refractivity contribution in [3.8, 4) is 5.69 Å². The lowest BCUT2D eigenvalue weighted by Crippen LogP contribution is -2.25. The van der Waals surface area contributed by atoms with E-state index in [9.17, 15) is 9.59 Å². The van der Waals surface area contributed by atoms with E-state index >= 15 is 0 Å². The van der Waals surface area contributed by atoms with E-state index in [0.29, 0.717) is 22.1 Å². The molecule has 0 unspecified atom stereocenters. The third-order valence-electron chi connectivity index (χ3n) is 4.53. The number of aromatic nitrogens is 2. The number of halogens is 1. The summed E-state index contributed by atoms with van der Waals surface area (Å²) in [6.45, 7) is 7.26. The summed E-state index contributed by atoms with van der Waals surface area (Å²) in [5.74, 6) is 0. The van der Waals surface area contributed by atoms with Crippen molar-refractivity contribution in [3.05, 3.63) is 107 Å². The Morgan fingerprint density at radius 1 is 1.06 bits per heavy atom. The average Bonchev–Trinajstić information content (AvgIpc) is 2.99. The van der Waals surface area contributed by atoms with Crippen LogP contribution in [0.3, 0.4) is 0 Å². The Bertz CT molecular complexity index is 1220. The fraction of sp³-hybridized carbons (Fsp3) is 0.0833. The molecule has 0 aliphatic heterocycles. The molecule has 3 rings (SSSR count). The zero-order valence-corrected chi connectivity index (χ0v) is 18.1. The Labute approximate surface area is 185 Å². The van der Waals surface area contributed by atoms with Crippen LogP contribution < -0.4 is 16.2 Å². The molecular formula is C24H23ClN4O2. The van der Waals surface area contributed by atoms with Crippen molar-refractivity contribution in [3.63, 3.8) is 0 Å². The van der Waals surface area contributed by atoms with Crippen molar-refractivity contribution >= 4 is 34.7 Å². The summed E-state index contributed by atoms with van der Waals surface area (Å²) in [6.07, 6.45) is 7.03. The Morgan fingerprint density at radius 2 is 1.81 bits per heavy atom. The first-order chi connectivity index (χ1) is 14.9. The molecule has 31 heavy (non-hydrogen) atoms. The van der Waals surface area contributed by atoms with Gasteiger partial charge in [0.05, 0.1) is 11.4 Å². The van der Waals surface area contributed by atoms with Crippen molar-refractivity contribution in [2.75, 3.05) is 10.6 Å². The number of allylic oxidation sites excluding steroid dienone is 5. The molecule has 0 saturated carbocycles. The van der Waals surface area contributed by atoms with Crippen LogP contribution >= 0.6 is 11.6 Å². The molecule has 0 bridgehead atoms. The fourth-order valence-electron chi connectivity index (χ4n) is 3.13. The molecule has 6 nitrogen and oxygen atoms in total. The van der Waals surface area contributed by atoms with Gasteiger partial charge in [0.15, 0.2) is 0 Å². The second-order valence-electron chi connectivity index (χ2n) is 6.74. The summed E-state index contributed by atoms with van der Waals surface area (Å²) in [6, 6.07) is 15.7. The highest BCUT2D eigenvalue weighted by Gasteiger charge is 2.20. The van der Waals surface area contributed by atoms with E-state index in [2.05, 4.69) is 17.2 Å². The number of anilines is 2. The summed E-state index contributed by atoms with van der Waals surface area (Å²) in [4.78, 5) is 25.9. The maximum atomic E-state index is 13.3. The van der Waals surface area contributed by atoms with Gasteiger partial charge in [0.2, 0.25) is 0 Å². The maximum Gasteiger partial charge on any atom is 0.323 e. The molecule has 1 aromatic heterocycles. The van der Waals surface area contributed by atoms with Crippen molar-refractivity contribution in [2.24, 2.45) is 0 Å². The van der Waals surface area contributed by atoms with Gasteiger partial charge in [0.25, 0.3) is 5.56 Å². The number of hydrogen-bond acceptors (Lipinski definition) is 2. The number of amides is 2. The topological polar surface area (TPSA) is 68.1 Å². The van der Waals surface area contributed by atoms with Crippen molar-refractivity contribution in [1.29, 1.82) is 0 Å². The summed E-state index contributed by atoms with van der Waals surface area (Å²) >= 11 is 5.97. The minimum atomic E-state index is -0.534. The molecule has 2 N–H and O–H groups in total. The van der Waals surface area contributed by atoms with Gasteiger partial charge >= 0.3 is 6.03 Å². The van der Waals surface area contributed by atoms with Gasteiger partial charge in [0.1, 0.15) is 5.69 Å². The molecule has 158 valence electrons. The molecule has 0 saturated heterocycles. The minimum Gasteiger partial charge on any atom is -0.308 e. The Morgan fingerprint density at radius 3 is 2.48 bits per heavy atom. The molecule has 7 heteroatoms. The number of hydrogen-bond donors (Lipinski definition) is 2. The zero-order valence-electron chi connectivity index (χ0n) is 17.3. The second-order valence-corrected chi connectivity index (χ2v) is 7.18. The predicted octanol–water partition coefficient (Wildman–Crippen LogP) is 5.85. The highest BCUT2D eigenvalue weighted by atomic mass is 35.5. The third kappa shape index (κ3) is 5.05. The number of para-hydroxylation sites is 1. The maximum absolute atomic E-state index is 13.3. The van der Waals surface area contributed by atoms with Crippen LogP contribution in [0.4, 0.5) is 16.2 Å². The van der Waals surface area contributed by atoms with Gasteiger partial charge in [-0.3, -0.25) is 4.79 Å². The fourth-order valence-corrected chi connectivity index (χ4v) is 3.32. The largest absolute Gasteiger partial charge is 0.323 e. The molecule has 0 fully saturated rings. The Hall–Kier alpha value is -3.77. The first-order valence-electron chi connectivity index (χ1n) is 9.62. The van der Waals surface area contributed by atoms with Gasteiger partial charge in [-0.15, -0.1) is 0 Å². The number of carbonyl (C=O) groups excluding carboxylic acids is 1. The number of carbonyl (C=O) groups is 1. The summed E-state index contributed by atoms with van der Waals surface area (Å²) in [5, 5.41) is 5.89. The minimum absolute atomic E-state index is 0.184. The normalized spacial score (nSPS) is 11.5. The van der Waals surface area contributed by atoms with Crippen LogP contribution in [0, 0.1) is 6.92 Å². The van der Waals surface area contributed by atoms with Gasteiger partial charge in [-0.05, 0) is 50.3 Å². The molecule has 2 aromatic carbocycles. The van der Waals surface area contributed by atoms with Crippen molar-refractivity contribution < 1.29 is 4.79 Å². The van der Waals surface area contributed by atoms with E-state index in [1.165, 1.54) is 4.68 Å². The highest BCUT2D eigenvalue weighted by Crippen LogP contribution is 2.21. The zero-order chi connectivity index (χ0) is 22.4. The quantitative estimate of drug-likeness (QED) is 0.478. The van der Waals surface area contributed by atoms with E-state index in [4.69, 9.17) is 11.6 Å². The molecule has 3 aromatic rings. The molecule has 0 atom stereocenters. The Kier molecular flexibility index (Phi) is 6.95. The lowest BCUT2D eigenvalue weighted by Gasteiger charge is -2.13. The monoisotopic (exact) mass is 434 g/mol. The van der Waals surface area contributed by atoms with Crippen LogP contribution in [0.2, 0.25) is 5.02 Å². The Balaban J connectivity index is 2.04. The highest BCUT2D eigenvalue weighted by molar-refractivity contribution is 6.30. The summed E-state index contributed by atoms with van der Waals surface area (Å²) < 4.78 is 3.29. The molecule has 0 aliphatic rings. The van der Waals surface area contributed by atoms with Gasteiger partial charge < -0.3 is 10.6 Å². The summed E-state index contributed by atoms with van der Waals surface area (Å²) in [7, 11) is 0. The number of nitrogens with one attached hydrogen (secondary N) is 2.